The Morgan fingerprint density at radius 2 is 1.74 bits per heavy atom. The van der Waals surface area contributed by atoms with Gasteiger partial charge >= 0.3 is 0 Å². The fraction of sp³-hybridized carbons (Fsp3) is 0.789. The van der Waals surface area contributed by atoms with E-state index in [1.807, 2.05) is 6.92 Å². The Hall–Kier alpha value is -1.32. The van der Waals surface area contributed by atoms with Gasteiger partial charge in [-0.05, 0) is 31.6 Å². The fourth-order valence-corrected chi connectivity index (χ4v) is 2.32. The van der Waals surface area contributed by atoms with Gasteiger partial charge in [0, 0.05) is 5.97 Å². The molecule has 0 N–H and O–H groups in total. The van der Waals surface area contributed by atoms with Crippen LogP contribution in [0.4, 0.5) is 0 Å². The summed E-state index contributed by atoms with van der Waals surface area (Å²) in [4.78, 5) is 10.3. The molecule has 0 amide bonds. The minimum Gasteiger partial charge on any atom is -0.550 e. The van der Waals surface area contributed by atoms with Crippen LogP contribution in [0.25, 0.3) is 0 Å². The van der Waals surface area contributed by atoms with Gasteiger partial charge in [-0.15, -0.1) is 0 Å². The zero-order valence-electron chi connectivity index (χ0n) is 15.6. The SMILES string of the molecule is CCCCC(CC)C(=O)[O-].CCCCn1cc[n+](CCCC)c1. The lowest BCUT2D eigenvalue weighted by atomic mass is 10.00. The van der Waals surface area contributed by atoms with Crippen molar-refractivity contribution < 1.29 is 14.5 Å². The minimum atomic E-state index is -0.893. The first-order chi connectivity index (χ1) is 11.1. The van der Waals surface area contributed by atoms with E-state index < -0.39 is 5.97 Å². The second kappa shape index (κ2) is 14.3. The third-order valence-electron chi connectivity index (χ3n) is 4.02. The lowest BCUT2D eigenvalue weighted by Gasteiger charge is -2.14. The van der Waals surface area contributed by atoms with Crippen molar-refractivity contribution in [2.24, 2.45) is 5.92 Å². The quantitative estimate of drug-likeness (QED) is 0.586. The summed E-state index contributed by atoms with van der Waals surface area (Å²) in [6.45, 7) is 10.7. The number of hydrogen-bond donors (Lipinski definition) is 0. The van der Waals surface area contributed by atoms with Gasteiger partial charge in [-0.2, -0.15) is 0 Å². The van der Waals surface area contributed by atoms with Crippen molar-refractivity contribution in [3.05, 3.63) is 18.7 Å². The maximum atomic E-state index is 10.3. The Kier molecular flexibility index (Phi) is 13.5. The molecule has 1 rings (SSSR count). The maximum absolute atomic E-state index is 10.3. The number of nitrogens with zero attached hydrogens (tertiary/aromatic N) is 2. The highest BCUT2D eigenvalue weighted by Crippen LogP contribution is 2.10. The van der Waals surface area contributed by atoms with Crippen molar-refractivity contribution in [1.29, 1.82) is 0 Å². The van der Waals surface area contributed by atoms with Gasteiger partial charge in [0.2, 0.25) is 6.33 Å². The predicted octanol–water partition coefficient (Wildman–Crippen LogP) is 3.33. The third-order valence-corrected chi connectivity index (χ3v) is 4.02. The number of carbonyl (C=O) groups excluding carboxylic acids is 1. The topological polar surface area (TPSA) is 48.9 Å². The second-order valence-corrected chi connectivity index (χ2v) is 6.16. The lowest BCUT2D eigenvalue weighted by Crippen LogP contribution is -2.30. The molecule has 0 saturated heterocycles. The van der Waals surface area contributed by atoms with Crippen LogP contribution in [0.5, 0.6) is 0 Å². The number of carboxylic acids is 1. The molecule has 0 aliphatic heterocycles. The molecule has 0 radical (unpaired) electrons. The summed E-state index contributed by atoms with van der Waals surface area (Å²) in [7, 11) is 0. The fourth-order valence-electron chi connectivity index (χ4n) is 2.32. The highest BCUT2D eigenvalue weighted by molar-refractivity contribution is 5.67. The molecule has 0 fully saturated rings. The number of imidazole rings is 1. The molecule has 0 aromatic carbocycles. The smallest absolute Gasteiger partial charge is 0.243 e. The van der Waals surface area contributed by atoms with E-state index in [2.05, 4.69) is 48.6 Å². The lowest BCUT2D eigenvalue weighted by molar-refractivity contribution is -0.696. The standard InChI is InChI=1S/C11H21N2.C8H16O2/c1-3-5-7-12-9-10-13(11-12)8-6-4-2;1-3-5-6-7(4-2)8(9)10/h9-11H,3-8H2,1-2H3;7H,3-6H2,1-2H3,(H,9,10)/q+1;/p-1. The molecule has 1 aromatic rings. The highest BCUT2D eigenvalue weighted by Gasteiger charge is 2.04. The van der Waals surface area contributed by atoms with Gasteiger partial charge in [0.15, 0.2) is 0 Å². The van der Waals surface area contributed by atoms with Gasteiger partial charge < -0.3 is 9.90 Å². The molecule has 1 heterocycles. The average molecular weight is 325 g/mol. The molecular formula is C19H36N2O2. The Morgan fingerprint density at radius 3 is 2.26 bits per heavy atom. The van der Waals surface area contributed by atoms with Crippen LogP contribution in [0, 0.1) is 5.92 Å². The molecule has 0 aliphatic rings. The number of hydrogen-bond acceptors (Lipinski definition) is 2. The number of aryl methyl sites for hydroxylation is 2. The molecule has 0 saturated carbocycles. The van der Waals surface area contributed by atoms with Gasteiger partial charge in [-0.25, -0.2) is 9.13 Å². The van der Waals surface area contributed by atoms with Crippen molar-refractivity contribution in [2.45, 2.75) is 92.2 Å². The number of carboxylic acid groups (broad SMARTS) is 1. The van der Waals surface area contributed by atoms with Gasteiger partial charge in [-0.1, -0.05) is 53.4 Å². The summed E-state index contributed by atoms with van der Waals surface area (Å²) < 4.78 is 4.55. The summed E-state index contributed by atoms with van der Waals surface area (Å²) in [5, 5.41) is 10.3. The van der Waals surface area contributed by atoms with Crippen molar-refractivity contribution >= 4 is 5.97 Å². The van der Waals surface area contributed by atoms with E-state index in [1.54, 1.807) is 0 Å². The maximum Gasteiger partial charge on any atom is 0.243 e. The molecule has 0 aliphatic carbocycles. The van der Waals surface area contributed by atoms with Crippen LogP contribution in [0.1, 0.15) is 79.1 Å². The number of rotatable bonds is 11. The normalized spacial score (nSPS) is 11.7. The van der Waals surface area contributed by atoms with Gasteiger partial charge in [0.1, 0.15) is 12.4 Å². The van der Waals surface area contributed by atoms with Crippen LogP contribution in [0.2, 0.25) is 0 Å². The van der Waals surface area contributed by atoms with Crippen LogP contribution in [0.3, 0.4) is 0 Å². The first-order valence-corrected chi connectivity index (χ1v) is 9.34. The summed E-state index contributed by atoms with van der Waals surface area (Å²) in [6.07, 6.45) is 15.2. The molecule has 1 atom stereocenters. The van der Waals surface area contributed by atoms with Gasteiger partial charge in [0.25, 0.3) is 0 Å². The average Bonchev–Trinajstić information content (AvgIpc) is 3.00. The van der Waals surface area contributed by atoms with E-state index in [9.17, 15) is 9.90 Å². The summed E-state index contributed by atoms with van der Waals surface area (Å²) >= 11 is 0. The zero-order valence-corrected chi connectivity index (χ0v) is 15.6. The predicted molar refractivity (Wildman–Crippen MR) is 92.8 cm³/mol. The molecule has 0 spiro atoms. The third kappa shape index (κ3) is 10.9. The molecule has 1 aromatic heterocycles. The van der Waals surface area contributed by atoms with Crippen molar-refractivity contribution in [3.63, 3.8) is 0 Å². The zero-order chi connectivity index (χ0) is 17.5. The van der Waals surface area contributed by atoms with E-state index in [0.717, 1.165) is 32.4 Å². The number of unbranched alkanes of at least 4 members (excludes halogenated alkanes) is 3. The molecule has 4 nitrogen and oxygen atoms in total. The summed E-state index contributed by atoms with van der Waals surface area (Å²) in [5.41, 5.74) is 0. The van der Waals surface area contributed by atoms with E-state index in [4.69, 9.17) is 0 Å². The largest absolute Gasteiger partial charge is 0.550 e. The first kappa shape index (κ1) is 21.7. The molecule has 4 heteroatoms. The number of aromatic nitrogens is 2. The van der Waals surface area contributed by atoms with Crippen LogP contribution in [-0.4, -0.2) is 10.5 Å². The minimum absolute atomic E-state index is 0.222. The van der Waals surface area contributed by atoms with E-state index in [1.165, 1.54) is 25.7 Å². The van der Waals surface area contributed by atoms with Crippen LogP contribution < -0.4 is 9.67 Å². The summed E-state index contributed by atoms with van der Waals surface area (Å²) in [5.74, 6) is -1.11. The molecule has 23 heavy (non-hydrogen) atoms. The number of aliphatic carboxylic acids is 1. The molecule has 0 bridgehead atoms. The highest BCUT2D eigenvalue weighted by atomic mass is 16.4. The Bertz CT molecular complexity index is 379. The van der Waals surface area contributed by atoms with Gasteiger partial charge in [0.05, 0.1) is 13.1 Å². The van der Waals surface area contributed by atoms with E-state index >= 15 is 0 Å². The molecule has 134 valence electrons. The monoisotopic (exact) mass is 324 g/mol. The summed E-state index contributed by atoms with van der Waals surface area (Å²) in [6, 6.07) is 0. The van der Waals surface area contributed by atoms with E-state index in [-0.39, 0.29) is 5.92 Å². The Morgan fingerprint density at radius 1 is 1.09 bits per heavy atom. The van der Waals surface area contributed by atoms with Gasteiger partial charge in [-0.3, -0.25) is 0 Å². The second-order valence-electron chi connectivity index (χ2n) is 6.16. The Balaban J connectivity index is 0.000000438. The van der Waals surface area contributed by atoms with Crippen LogP contribution in [-0.2, 0) is 17.9 Å². The Labute approximate surface area is 142 Å². The van der Waals surface area contributed by atoms with Crippen LogP contribution in [0.15, 0.2) is 18.7 Å². The van der Waals surface area contributed by atoms with Crippen molar-refractivity contribution in [2.75, 3.05) is 0 Å². The number of carbonyl (C=O) groups is 1. The van der Waals surface area contributed by atoms with E-state index in [0.29, 0.717) is 6.42 Å². The van der Waals surface area contributed by atoms with Crippen molar-refractivity contribution in [3.8, 4) is 0 Å². The molecular weight excluding hydrogens is 288 g/mol. The van der Waals surface area contributed by atoms with Crippen molar-refractivity contribution in [1.82, 2.24) is 4.57 Å². The van der Waals surface area contributed by atoms with Crippen LogP contribution >= 0.6 is 0 Å². The molecule has 1 unspecified atom stereocenters. The first-order valence-electron chi connectivity index (χ1n) is 9.34.